The van der Waals surface area contributed by atoms with Gasteiger partial charge in [-0.3, -0.25) is 9.59 Å². The van der Waals surface area contributed by atoms with Crippen LogP contribution in [0, 0.1) is 0 Å². The predicted molar refractivity (Wildman–Crippen MR) is 56.1 cm³/mol. The Kier molecular flexibility index (Phi) is 11.0. The van der Waals surface area contributed by atoms with Crippen molar-refractivity contribution in [3.8, 4) is 0 Å². The van der Waals surface area contributed by atoms with E-state index in [-0.39, 0.29) is 24.8 Å². The highest BCUT2D eigenvalue weighted by molar-refractivity contribution is 5.80. The maximum atomic E-state index is 10.8. The minimum atomic E-state index is -0.941. The molecule has 0 bridgehead atoms. The fourth-order valence-corrected chi connectivity index (χ4v) is 0.615. The fourth-order valence-electron chi connectivity index (χ4n) is 0.615. The van der Waals surface area contributed by atoms with Gasteiger partial charge in [-0.1, -0.05) is 20.3 Å². The van der Waals surface area contributed by atoms with Gasteiger partial charge in [0.15, 0.2) is 0 Å². The van der Waals surface area contributed by atoms with Gasteiger partial charge >= 0.3 is 5.97 Å². The summed E-state index contributed by atoms with van der Waals surface area (Å²) in [5.74, 6) is -1.15. The zero-order valence-corrected chi connectivity index (χ0v) is 9.46. The number of carbonyl (C=O) groups excluding carboxylic acids is 1. The molecule has 0 aromatic rings. The van der Waals surface area contributed by atoms with Crippen molar-refractivity contribution in [2.75, 3.05) is 0 Å². The first-order chi connectivity index (χ1) is 6.43. The van der Waals surface area contributed by atoms with Crippen molar-refractivity contribution in [2.45, 2.75) is 53.0 Å². The Morgan fingerprint density at radius 2 is 1.64 bits per heavy atom. The van der Waals surface area contributed by atoms with Gasteiger partial charge in [0.05, 0.1) is 6.42 Å². The van der Waals surface area contributed by atoms with E-state index in [9.17, 15) is 9.59 Å². The molecule has 0 saturated heterocycles. The van der Waals surface area contributed by atoms with Gasteiger partial charge in [0.1, 0.15) is 0 Å². The molecule has 0 aliphatic carbocycles. The molecule has 0 aliphatic rings. The summed E-state index contributed by atoms with van der Waals surface area (Å²) < 4.78 is 0. The van der Waals surface area contributed by atoms with E-state index >= 15 is 0 Å². The van der Waals surface area contributed by atoms with Crippen LogP contribution in [-0.4, -0.2) is 23.0 Å². The van der Waals surface area contributed by atoms with E-state index in [1.807, 2.05) is 13.8 Å². The van der Waals surface area contributed by atoms with E-state index in [0.29, 0.717) is 0 Å². The summed E-state index contributed by atoms with van der Waals surface area (Å²) in [6, 6.07) is 0.0799. The molecule has 0 aromatic carbocycles. The van der Waals surface area contributed by atoms with Crippen LogP contribution in [0.25, 0.3) is 0 Å². The van der Waals surface area contributed by atoms with Crippen LogP contribution in [0.15, 0.2) is 0 Å². The molecule has 84 valence electrons. The molecule has 0 spiro atoms. The quantitative estimate of drug-likeness (QED) is 0.732. The lowest BCUT2D eigenvalue weighted by Gasteiger charge is -2.06. The first-order valence-electron chi connectivity index (χ1n) is 4.95. The molecule has 1 amide bonds. The van der Waals surface area contributed by atoms with Crippen molar-refractivity contribution in [2.24, 2.45) is 0 Å². The smallest absolute Gasteiger partial charge is 0.303 e. The monoisotopic (exact) mass is 203 g/mol. The van der Waals surface area contributed by atoms with Gasteiger partial charge in [-0.2, -0.15) is 0 Å². The van der Waals surface area contributed by atoms with Crippen LogP contribution in [0.4, 0.5) is 0 Å². The van der Waals surface area contributed by atoms with Crippen molar-refractivity contribution in [3.63, 3.8) is 0 Å². The van der Waals surface area contributed by atoms with Crippen molar-refractivity contribution in [1.82, 2.24) is 5.32 Å². The van der Waals surface area contributed by atoms with Gasteiger partial charge in [-0.15, -0.1) is 0 Å². The van der Waals surface area contributed by atoms with Crippen molar-refractivity contribution < 1.29 is 14.7 Å². The van der Waals surface area contributed by atoms with Gasteiger partial charge in [0.2, 0.25) is 5.91 Å². The lowest BCUT2D eigenvalue weighted by atomic mass is 10.3. The molecule has 0 unspecified atom stereocenters. The standard InChI is InChI=1S/C7H13NO3.C3H8/c1-5(2)8-6(9)3-4-7(10)11;1-3-2/h5H,3-4H2,1-2H3,(H,8,9)(H,10,11);3H2,1-2H3. The van der Waals surface area contributed by atoms with Gasteiger partial charge in [0.25, 0.3) is 0 Å². The molecule has 4 heteroatoms. The average Bonchev–Trinajstić information content (AvgIpc) is 2.01. The third kappa shape index (κ3) is 17.1. The summed E-state index contributed by atoms with van der Waals surface area (Å²) in [5.41, 5.74) is 0. The minimum absolute atomic E-state index is 0.0630. The first kappa shape index (κ1) is 15.4. The van der Waals surface area contributed by atoms with Gasteiger partial charge < -0.3 is 10.4 Å². The first-order valence-corrected chi connectivity index (χ1v) is 4.95. The fraction of sp³-hybridized carbons (Fsp3) is 0.800. The second-order valence-electron chi connectivity index (χ2n) is 3.32. The summed E-state index contributed by atoms with van der Waals surface area (Å²) in [6.45, 7) is 7.91. The summed E-state index contributed by atoms with van der Waals surface area (Å²) in [4.78, 5) is 20.8. The van der Waals surface area contributed by atoms with Crippen LogP contribution >= 0.6 is 0 Å². The highest BCUT2D eigenvalue weighted by atomic mass is 16.4. The number of nitrogens with one attached hydrogen (secondary N) is 1. The number of rotatable bonds is 4. The SMILES string of the molecule is CC(C)NC(=O)CCC(=O)O.CCC. The zero-order valence-electron chi connectivity index (χ0n) is 9.46. The summed E-state index contributed by atoms with van der Waals surface area (Å²) in [7, 11) is 0. The number of amides is 1. The van der Waals surface area contributed by atoms with Crippen LogP contribution in [0.1, 0.15) is 47.0 Å². The molecular weight excluding hydrogens is 182 g/mol. The highest BCUT2D eigenvalue weighted by Crippen LogP contribution is 1.89. The Bertz CT molecular complexity index is 167. The van der Waals surface area contributed by atoms with Gasteiger partial charge in [0, 0.05) is 12.5 Å². The summed E-state index contributed by atoms with van der Waals surface area (Å²) in [5, 5.41) is 10.8. The zero-order chi connectivity index (χ0) is 11.6. The maximum absolute atomic E-state index is 10.8. The number of hydrogen-bond donors (Lipinski definition) is 2. The van der Waals surface area contributed by atoms with Crippen LogP contribution < -0.4 is 5.32 Å². The molecule has 0 aliphatic heterocycles. The van der Waals surface area contributed by atoms with E-state index < -0.39 is 5.97 Å². The van der Waals surface area contributed by atoms with E-state index in [4.69, 9.17) is 5.11 Å². The minimum Gasteiger partial charge on any atom is -0.481 e. The molecule has 0 aromatic heterocycles. The molecule has 0 radical (unpaired) electrons. The molecule has 0 fully saturated rings. The average molecular weight is 203 g/mol. The molecule has 0 rings (SSSR count). The summed E-state index contributed by atoms with van der Waals surface area (Å²) in [6.07, 6.45) is 1.21. The third-order valence-corrected chi connectivity index (χ3v) is 1.02. The lowest BCUT2D eigenvalue weighted by Crippen LogP contribution is -2.30. The summed E-state index contributed by atoms with van der Waals surface area (Å²) >= 11 is 0. The Labute approximate surface area is 85.7 Å². The topological polar surface area (TPSA) is 66.4 Å². The molecular formula is C10H21NO3. The molecule has 0 heterocycles. The van der Waals surface area contributed by atoms with Gasteiger partial charge in [-0.05, 0) is 13.8 Å². The number of hydrogen-bond acceptors (Lipinski definition) is 2. The van der Waals surface area contributed by atoms with Crippen molar-refractivity contribution in [1.29, 1.82) is 0 Å². The number of carboxylic acid groups (broad SMARTS) is 1. The van der Waals surface area contributed by atoms with Crippen LogP contribution in [0.3, 0.4) is 0 Å². The molecule has 14 heavy (non-hydrogen) atoms. The Morgan fingerprint density at radius 3 is 1.93 bits per heavy atom. The Hall–Kier alpha value is -1.06. The molecule has 2 N–H and O–H groups in total. The normalized spacial score (nSPS) is 8.93. The van der Waals surface area contributed by atoms with E-state index in [0.717, 1.165) is 0 Å². The number of carbonyl (C=O) groups is 2. The Balaban J connectivity index is 0. The Morgan fingerprint density at radius 1 is 1.21 bits per heavy atom. The molecule has 0 saturated carbocycles. The van der Waals surface area contributed by atoms with E-state index in [1.165, 1.54) is 6.42 Å². The second-order valence-corrected chi connectivity index (χ2v) is 3.32. The highest BCUT2D eigenvalue weighted by Gasteiger charge is 2.05. The second kappa shape index (κ2) is 10.0. The maximum Gasteiger partial charge on any atom is 0.303 e. The number of aliphatic carboxylic acids is 1. The van der Waals surface area contributed by atoms with Crippen LogP contribution in [0.2, 0.25) is 0 Å². The van der Waals surface area contributed by atoms with Crippen molar-refractivity contribution >= 4 is 11.9 Å². The van der Waals surface area contributed by atoms with Crippen LogP contribution in [0.5, 0.6) is 0 Å². The van der Waals surface area contributed by atoms with Crippen molar-refractivity contribution in [3.05, 3.63) is 0 Å². The number of carboxylic acids is 1. The molecule has 4 nitrogen and oxygen atoms in total. The van der Waals surface area contributed by atoms with Gasteiger partial charge in [-0.25, -0.2) is 0 Å². The third-order valence-electron chi connectivity index (χ3n) is 1.02. The largest absolute Gasteiger partial charge is 0.481 e. The predicted octanol–water partition coefficient (Wildman–Crippen LogP) is 1.79. The van der Waals surface area contributed by atoms with Crippen LogP contribution in [-0.2, 0) is 9.59 Å². The lowest BCUT2D eigenvalue weighted by molar-refractivity contribution is -0.138. The molecule has 0 atom stereocenters. The van der Waals surface area contributed by atoms with E-state index in [2.05, 4.69) is 19.2 Å². The van der Waals surface area contributed by atoms with E-state index in [1.54, 1.807) is 0 Å².